The molecule has 1 heterocycles. The zero-order valence-electron chi connectivity index (χ0n) is 9.51. The molecule has 0 bridgehead atoms. The van der Waals surface area contributed by atoms with Gasteiger partial charge in [-0.1, -0.05) is 24.4 Å². The Balaban J connectivity index is 2.36. The van der Waals surface area contributed by atoms with Gasteiger partial charge in [0, 0.05) is 0 Å². The third-order valence-electron chi connectivity index (χ3n) is 2.37. The number of hydrogen-bond acceptors (Lipinski definition) is 4. The minimum absolute atomic E-state index is 0.111. The number of benzene rings is 1. The van der Waals surface area contributed by atoms with Gasteiger partial charge in [-0.2, -0.15) is 0 Å². The predicted octanol–water partition coefficient (Wildman–Crippen LogP) is 1.32. The van der Waals surface area contributed by atoms with Crippen molar-refractivity contribution in [1.29, 1.82) is 0 Å². The number of thiocarbonyl (C=S) groups is 1. The number of carbonyl (C=O) groups excluding carboxylic acids is 1. The van der Waals surface area contributed by atoms with Crippen LogP contribution in [0.2, 0.25) is 0 Å². The molecule has 0 aliphatic rings. The molecular weight excluding hydrogens is 252 g/mol. The Labute approximate surface area is 109 Å². The first-order valence-electron chi connectivity index (χ1n) is 5.32. The van der Waals surface area contributed by atoms with Crippen molar-refractivity contribution in [3.63, 3.8) is 0 Å². The smallest absolute Gasteiger partial charge is 0.220 e. The van der Waals surface area contributed by atoms with E-state index in [1.807, 2.05) is 18.2 Å². The van der Waals surface area contributed by atoms with E-state index in [-0.39, 0.29) is 18.0 Å². The minimum Gasteiger partial charge on any atom is -0.488 e. The van der Waals surface area contributed by atoms with Gasteiger partial charge in [0.25, 0.3) is 0 Å². The van der Waals surface area contributed by atoms with Crippen molar-refractivity contribution in [3.05, 3.63) is 30.0 Å². The molecule has 1 amide bonds. The van der Waals surface area contributed by atoms with Crippen LogP contribution in [-0.4, -0.2) is 17.5 Å². The van der Waals surface area contributed by atoms with Gasteiger partial charge in [0.2, 0.25) is 11.7 Å². The number of ether oxygens (including phenoxy) is 1. The highest BCUT2D eigenvalue weighted by molar-refractivity contribution is 7.80. The number of para-hydroxylation sites is 1. The number of nitrogens with two attached hydrogens (primary N) is 2. The molecule has 1 aromatic carbocycles. The van der Waals surface area contributed by atoms with Crippen LogP contribution in [0.15, 0.2) is 28.7 Å². The third-order valence-corrected chi connectivity index (χ3v) is 2.55. The molecular formula is C12H12N2O3S. The van der Waals surface area contributed by atoms with Crippen molar-refractivity contribution in [2.75, 3.05) is 6.61 Å². The second-order valence-electron chi connectivity index (χ2n) is 3.69. The van der Waals surface area contributed by atoms with Gasteiger partial charge in [-0.05, 0) is 12.1 Å². The van der Waals surface area contributed by atoms with Crippen LogP contribution in [0.4, 0.5) is 0 Å². The molecule has 18 heavy (non-hydrogen) atoms. The minimum atomic E-state index is -0.431. The third kappa shape index (κ3) is 2.43. The lowest BCUT2D eigenvalue weighted by molar-refractivity contribution is -0.118. The van der Waals surface area contributed by atoms with E-state index in [1.54, 1.807) is 6.07 Å². The average molecular weight is 264 g/mol. The number of furan rings is 1. The average Bonchev–Trinajstić information content (AvgIpc) is 2.68. The Morgan fingerprint density at radius 1 is 1.33 bits per heavy atom. The topological polar surface area (TPSA) is 91.5 Å². The molecule has 0 radical (unpaired) electrons. The zero-order chi connectivity index (χ0) is 13.1. The summed E-state index contributed by atoms with van der Waals surface area (Å²) in [6.07, 6.45) is 0.121. The summed E-state index contributed by atoms with van der Waals surface area (Å²) in [5.74, 6) is 0.342. The Bertz CT molecular complexity index is 606. The molecule has 0 aliphatic heterocycles. The highest BCUT2D eigenvalue weighted by Gasteiger charge is 2.17. The van der Waals surface area contributed by atoms with Crippen molar-refractivity contribution in [2.24, 2.45) is 11.5 Å². The first-order chi connectivity index (χ1) is 8.59. The number of fused-ring (bicyclic) bond motifs is 1. The largest absolute Gasteiger partial charge is 0.488 e. The molecule has 2 rings (SSSR count). The highest BCUT2D eigenvalue weighted by atomic mass is 32.1. The number of primary amides is 1. The van der Waals surface area contributed by atoms with Gasteiger partial charge in [-0.3, -0.25) is 4.79 Å². The summed E-state index contributed by atoms with van der Waals surface area (Å²) < 4.78 is 11.0. The molecule has 0 spiro atoms. The first kappa shape index (κ1) is 12.4. The van der Waals surface area contributed by atoms with Crippen LogP contribution in [0.25, 0.3) is 11.0 Å². The standard InChI is InChI=1S/C12H12N2O3S/c13-9(15)5-6-16-10-7-3-1-2-4-8(7)17-11(10)12(14)18/h1-4H,5-6H2,(H2,13,15)(H2,14,18). The summed E-state index contributed by atoms with van der Waals surface area (Å²) in [6.45, 7) is 0.161. The fourth-order valence-electron chi connectivity index (χ4n) is 1.58. The van der Waals surface area contributed by atoms with Crippen molar-refractivity contribution in [2.45, 2.75) is 6.42 Å². The highest BCUT2D eigenvalue weighted by Crippen LogP contribution is 2.32. The maximum Gasteiger partial charge on any atom is 0.220 e. The summed E-state index contributed by atoms with van der Waals surface area (Å²) >= 11 is 4.90. The molecule has 4 N–H and O–H groups in total. The lowest BCUT2D eigenvalue weighted by Gasteiger charge is -2.04. The van der Waals surface area contributed by atoms with E-state index in [1.165, 1.54) is 0 Å². The Kier molecular flexibility index (Phi) is 3.47. The van der Waals surface area contributed by atoms with Crippen LogP contribution >= 0.6 is 12.2 Å². The van der Waals surface area contributed by atoms with Gasteiger partial charge in [0.1, 0.15) is 10.6 Å². The van der Waals surface area contributed by atoms with Crippen LogP contribution in [-0.2, 0) is 4.79 Å². The Morgan fingerprint density at radius 2 is 2.06 bits per heavy atom. The zero-order valence-corrected chi connectivity index (χ0v) is 10.3. The maximum absolute atomic E-state index is 10.7. The van der Waals surface area contributed by atoms with E-state index < -0.39 is 5.91 Å². The predicted molar refractivity (Wildman–Crippen MR) is 71.4 cm³/mol. The van der Waals surface area contributed by atoms with Gasteiger partial charge in [-0.25, -0.2) is 0 Å². The second kappa shape index (κ2) is 5.05. The molecule has 0 atom stereocenters. The molecule has 0 saturated heterocycles. The fraction of sp³-hybridized carbons (Fsp3) is 0.167. The van der Waals surface area contributed by atoms with Crippen LogP contribution in [0.3, 0.4) is 0 Å². The molecule has 6 heteroatoms. The quantitative estimate of drug-likeness (QED) is 0.795. The van der Waals surface area contributed by atoms with Crippen LogP contribution < -0.4 is 16.2 Å². The molecule has 94 valence electrons. The van der Waals surface area contributed by atoms with Gasteiger partial charge < -0.3 is 20.6 Å². The van der Waals surface area contributed by atoms with Gasteiger partial charge in [0.05, 0.1) is 18.4 Å². The summed E-state index contributed by atoms with van der Waals surface area (Å²) in [7, 11) is 0. The van der Waals surface area contributed by atoms with Crippen molar-refractivity contribution >= 4 is 34.1 Å². The van der Waals surface area contributed by atoms with E-state index in [9.17, 15) is 4.79 Å². The van der Waals surface area contributed by atoms with E-state index in [4.69, 9.17) is 32.8 Å². The molecule has 1 aromatic heterocycles. The number of amides is 1. The van der Waals surface area contributed by atoms with Crippen LogP contribution in [0.5, 0.6) is 5.75 Å². The summed E-state index contributed by atoms with van der Waals surface area (Å²) in [5.41, 5.74) is 11.3. The molecule has 0 saturated carbocycles. The molecule has 0 aliphatic carbocycles. The van der Waals surface area contributed by atoms with Crippen molar-refractivity contribution in [3.8, 4) is 5.75 Å². The fourth-order valence-corrected chi connectivity index (χ4v) is 1.72. The molecule has 0 fully saturated rings. The second-order valence-corrected chi connectivity index (χ2v) is 4.13. The SMILES string of the molecule is NC(=O)CCOc1c(C(N)=S)oc2ccccc12. The van der Waals surface area contributed by atoms with Crippen LogP contribution in [0, 0.1) is 0 Å². The number of carbonyl (C=O) groups is 1. The summed E-state index contributed by atoms with van der Waals surface area (Å²) in [5, 5.41) is 0.768. The van der Waals surface area contributed by atoms with Gasteiger partial charge >= 0.3 is 0 Å². The maximum atomic E-state index is 10.7. The lowest BCUT2D eigenvalue weighted by atomic mass is 10.2. The number of hydrogen-bond donors (Lipinski definition) is 2. The summed E-state index contributed by atoms with van der Waals surface area (Å²) in [6, 6.07) is 7.31. The molecule has 5 nitrogen and oxygen atoms in total. The van der Waals surface area contributed by atoms with Gasteiger partial charge in [0.15, 0.2) is 5.75 Å². The Morgan fingerprint density at radius 3 is 2.72 bits per heavy atom. The van der Waals surface area contributed by atoms with E-state index >= 15 is 0 Å². The normalized spacial score (nSPS) is 10.4. The van der Waals surface area contributed by atoms with E-state index in [0.717, 1.165) is 5.39 Å². The van der Waals surface area contributed by atoms with Gasteiger partial charge in [-0.15, -0.1) is 0 Å². The first-order valence-corrected chi connectivity index (χ1v) is 5.73. The van der Waals surface area contributed by atoms with E-state index in [2.05, 4.69) is 0 Å². The molecule has 2 aromatic rings. The molecule has 0 unspecified atom stereocenters. The van der Waals surface area contributed by atoms with Crippen LogP contribution in [0.1, 0.15) is 12.2 Å². The van der Waals surface area contributed by atoms with Crippen molar-refractivity contribution < 1.29 is 13.9 Å². The number of rotatable bonds is 5. The monoisotopic (exact) mass is 264 g/mol. The Hall–Kier alpha value is -2.08. The van der Waals surface area contributed by atoms with Crippen molar-refractivity contribution in [1.82, 2.24) is 0 Å². The lowest BCUT2D eigenvalue weighted by Crippen LogP contribution is -2.16. The summed E-state index contributed by atoms with van der Waals surface area (Å²) in [4.78, 5) is 10.8. The van der Waals surface area contributed by atoms with E-state index in [0.29, 0.717) is 17.1 Å².